The Morgan fingerprint density at radius 1 is 1.18 bits per heavy atom. The van der Waals surface area contributed by atoms with Crippen molar-refractivity contribution in [3.63, 3.8) is 0 Å². The van der Waals surface area contributed by atoms with Crippen LogP contribution in [0.3, 0.4) is 0 Å². The van der Waals surface area contributed by atoms with Crippen LogP contribution in [0.15, 0.2) is 26.6 Å². The lowest BCUT2D eigenvalue weighted by Crippen LogP contribution is -2.64. The molecule has 4 rings (SSSR count). The Bertz CT molecular complexity index is 1380. The van der Waals surface area contributed by atoms with Gasteiger partial charge in [0.1, 0.15) is 17.6 Å². The number of primary amides is 1. The first-order chi connectivity index (χ1) is 20.6. The van der Waals surface area contributed by atoms with Crippen molar-refractivity contribution in [3.8, 4) is 5.75 Å². The van der Waals surface area contributed by atoms with Gasteiger partial charge in [-0.25, -0.2) is 9.59 Å². The van der Waals surface area contributed by atoms with E-state index in [0.717, 1.165) is 5.57 Å². The van der Waals surface area contributed by atoms with Gasteiger partial charge in [-0.05, 0) is 72.6 Å². The minimum Gasteiger partial charge on any atom is -0.505 e. The number of aromatic hydroxyl groups is 1. The summed E-state index contributed by atoms with van der Waals surface area (Å²) >= 11 is 0. The van der Waals surface area contributed by atoms with Crippen molar-refractivity contribution in [2.75, 3.05) is 12.4 Å². The minimum atomic E-state index is -1.47. The van der Waals surface area contributed by atoms with Gasteiger partial charge in [-0.3, -0.25) is 4.79 Å². The molecule has 13 heteroatoms. The highest BCUT2D eigenvalue weighted by Crippen LogP contribution is 2.41. The van der Waals surface area contributed by atoms with Gasteiger partial charge in [-0.2, -0.15) is 0 Å². The highest BCUT2D eigenvalue weighted by atomic mass is 16.7. The number of rotatable bonds is 8. The molecule has 1 saturated heterocycles. The van der Waals surface area contributed by atoms with E-state index in [-0.39, 0.29) is 36.0 Å². The van der Waals surface area contributed by atoms with Crippen molar-refractivity contribution in [1.82, 2.24) is 0 Å². The average Bonchev–Trinajstić information content (AvgIpc) is 2.94. The fraction of sp³-hybridized carbons (Fsp3) is 0.645. The van der Waals surface area contributed by atoms with Crippen molar-refractivity contribution in [1.29, 1.82) is 0 Å². The number of nitrogens with one attached hydrogen (secondary N) is 1. The van der Waals surface area contributed by atoms with Crippen molar-refractivity contribution in [2.45, 2.75) is 109 Å². The standard InChI is InChI=1S/C31H44N2O11/c1-14(2)7-8-16-13-17(9-11-19(16)34)27(37)33-21-22(35)18-10-12-20(15(3)24(18)42-28(21)38)41-29-23(36)25(43-30(32)39)26(40-6)31(4,5)44-29/h7,16-17,19,23,25-26,29,34-36H,8-13H2,1-6H3,(H2,32,39)(H,33,37)/t16?,17?,19?,23-,25+,26-,29-/m1/s1. The summed E-state index contributed by atoms with van der Waals surface area (Å²) in [6.07, 6.45) is -1.90. The van der Waals surface area contributed by atoms with Gasteiger partial charge >= 0.3 is 11.7 Å². The number of hydrogen-bond acceptors (Lipinski definition) is 11. The van der Waals surface area contributed by atoms with E-state index < -0.39 is 59.9 Å². The van der Waals surface area contributed by atoms with Crippen LogP contribution in [0.25, 0.3) is 5.57 Å². The number of fused-ring (bicyclic) bond motifs is 1. The average molecular weight is 621 g/mol. The minimum absolute atomic E-state index is 0.0793. The smallest absolute Gasteiger partial charge is 0.404 e. The largest absolute Gasteiger partial charge is 0.505 e. The Balaban J connectivity index is 1.54. The number of hydrogen-bond donors (Lipinski definition) is 5. The van der Waals surface area contributed by atoms with E-state index in [2.05, 4.69) is 5.32 Å². The van der Waals surface area contributed by atoms with Crippen molar-refractivity contribution in [2.24, 2.45) is 17.6 Å². The fourth-order valence-corrected chi connectivity index (χ4v) is 6.34. The maximum Gasteiger partial charge on any atom is 0.404 e. The summed E-state index contributed by atoms with van der Waals surface area (Å²) in [6, 6.07) is 0. The third-order valence-electron chi connectivity index (χ3n) is 8.73. The topological polar surface area (TPSA) is 200 Å². The Hall–Kier alpha value is -3.39. The lowest BCUT2D eigenvalue weighted by molar-refractivity contribution is -0.317. The van der Waals surface area contributed by atoms with Crippen molar-refractivity contribution >= 4 is 23.3 Å². The molecule has 13 nitrogen and oxygen atoms in total. The van der Waals surface area contributed by atoms with Gasteiger partial charge in [0, 0.05) is 30.6 Å². The summed E-state index contributed by atoms with van der Waals surface area (Å²) in [7, 11) is 1.39. The van der Waals surface area contributed by atoms with Crippen molar-refractivity contribution in [3.05, 3.63) is 39.2 Å². The predicted molar refractivity (Wildman–Crippen MR) is 158 cm³/mol. The van der Waals surface area contributed by atoms with E-state index >= 15 is 0 Å². The van der Waals surface area contributed by atoms with Gasteiger partial charge in [0.05, 0.1) is 11.7 Å². The zero-order chi connectivity index (χ0) is 32.5. The predicted octanol–water partition coefficient (Wildman–Crippen LogP) is 3.09. The molecule has 7 atom stereocenters. The molecule has 2 aliphatic carbocycles. The molecule has 6 N–H and O–H groups in total. The number of methoxy groups -OCH3 is 1. The van der Waals surface area contributed by atoms with Gasteiger partial charge in [-0.15, -0.1) is 0 Å². The fourth-order valence-electron chi connectivity index (χ4n) is 6.34. The number of allylic oxidation sites excluding steroid dienone is 4. The van der Waals surface area contributed by atoms with Crippen LogP contribution in [0.5, 0.6) is 5.75 Å². The van der Waals surface area contributed by atoms with Gasteiger partial charge in [0.15, 0.2) is 23.6 Å². The van der Waals surface area contributed by atoms with E-state index in [1.807, 2.05) is 19.9 Å². The molecule has 1 aromatic rings. The molecule has 3 aliphatic rings. The van der Waals surface area contributed by atoms with E-state index in [9.17, 15) is 29.7 Å². The molecular weight excluding hydrogens is 576 g/mol. The van der Waals surface area contributed by atoms with Gasteiger partial charge in [0.25, 0.3) is 0 Å². The number of anilines is 1. The van der Waals surface area contributed by atoms with Crippen LogP contribution in [0.1, 0.15) is 78.0 Å². The molecule has 2 fully saturated rings. The van der Waals surface area contributed by atoms with Gasteiger partial charge in [-0.1, -0.05) is 11.6 Å². The zero-order valence-corrected chi connectivity index (χ0v) is 26.0. The summed E-state index contributed by atoms with van der Waals surface area (Å²) < 4.78 is 28.2. The van der Waals surface area contributed by atoms with Crippen LogP contribution in [-0.4, -0.2) is 70.7 Å². The maximum absolute atomic E-state index is 13.2. The molecule has 0 radical (unpaired) electrons. The molecule has 3 unspecified atom stereocenters. The number of carbonyl (C=O) groups is 2. The van der Waals surface area contributed by atoms with Gasteiger partial charge in [0.2, 0.25) is 12.2 Å². The second-order valence-corrected chi connectivity index (χ2v) is 12.6. The van der Waals surface area contributed by atoms with Crippen molar-refractivity contribution < 1.29 is 48.3 Å². The highest BCUT2D eigenvalue weighted by Gasteiger charge is 2.53. The van der Waals surface area contributed by atoms with Crippen LogP contribution in [0.2, 0.25) is 0 Å². The van der Waals surface area contributed by atoms with E-state index in [1.165, 1.54) is 7.11 Å². The summed E-state index contributed by atoms with van der Waals surface area (Å²) in [5.41, 5.74) is 4.74. The number of aliphatic hydroxyl groups is 2. The van der Waals surface area contributed by atoms with Crippen LogP contribution in [0.4, 0.5) is 10.5 Å². The Morgan fingerprint density at radius 2 is 1.89 bits per heavy atom. The first-order valence-corrected chi connectivity index (χ1v) is 14.9. The van der Waals surface area contributed by atoms with E-state index in [4.69, 9.17) is 29.1 Å². The molecule has 1 aromatic heterocycles. The molecule has 44 heavy (non-hydrogen) atoms. The highest BCUT2D eigenvalue weighted by molar-refractivity contribution is 5.94. The second-order valence-electron chi connectivity index (χ2n) is 12.6. The third-order valence-corrected chi connectivity index (χ3v) is 8.73. The molecule has 1 saturated carbocycles. The van der Waals surface area contributed by atoms with E-state index in [0.29, 0.717) is 42.6 Å². The molecular formula is C31H44N2O11. The second kappa shape index (κ2) is 13.3. The lowest BCUT2D eigenvalue weighted by Gasteiger charge is -2.47. The zero-order valence-electron chi connectivity index (χ0n) is 26.0. The number of amides is 2. The Kier molecular flexibility index (Phi) is 10.1. The first-order valence-electron chi connectivity index (χ1n) is 14.9. The van der Waals surface area contributed by atoms with Crippen LogP contribution < -0.4 is 16.7 Å². The number of nitrogens with two attached hydrogens (primary N) is 1. The summed E-state index contributed by atoms with van der Waals surface area (Å²) in [4.78, 5) is 37.7. The van der Waals surface area contributed by atoms with E-state index in [1.54, 1.807) is 20.8 Å². The molecule has 1 aliphatic heterocycles. The molecule has 0 aromatic carbocycles. The van der Waals surface area contributed by atoms with Gasteiger partial charge < -0.3 is 49.7 Å². The third kappa shape index (κ3) is 6.96. The first kappa shape index (κ1) is 33.5. The number of ether oxygens (including phenoxy) is 4. The molecule has 2 heterocycles. The number of carbonyl (C=O) groups excluding carboxylic acids is 2. The quantitative estimate of drug-likeness (QED) is 0.268. The Morgan fingerprint density at radius 3 is 2.52 bits per heavy atom. The van der Waals surface area contributed by atoms with Crippen LogP contribution in [0, 0.1) is 11.8 Å². The SMILES string of the molecule is CO[C@@H]1[C@@H](OC(N)=O)[C@@H](O)[C@H](OC2=C(C)c3oc(=O)c(NC(=O)C4CCC(O)C(CC=C(C)C)C4)c(O)c3CC2)OC1(C)C. The molecule has 244 valence electrons. The monoisotopic (exact) mass is 620 g/mol. The molecule has 0 bridgehead atoms. The van der Waals surface area contributed by atoms with Crippen LogP contribution in [-0.2, 0) is 30.2 Å². The Labute approximate surface area is 256 Å². The summed E-state index contributed by atoms with van der Waals surface area (Å²) in [5.74, 6) is -0.900. The summed E-state index contributed by atoms with van der Waals surface area (Å²) in [5, 5.41) is 35.1. The normalized spacial score (nSPS) is 29.8. The van der Waals surface area contributed by atoms with Crippen LogP contribution >= 0.6 is 0 Å². The molecule has 2 amide bonds. The summed E-state index contributed by atoms with van der Waals surface area (Å²) in [6.45, 7) is 8.95. The maximum atomic E-state index is 13.2. The number of aliphatic hydroxyl groups excluding tert-OH is 2. The lowest BCUT2D eigenvalue weighted by atomic mass is 9.77. The molecule has 0 spiro atoms.